The molecule has 3 N–H and O–H groups in total. The van der Waals surface area contributed by atoms with Crippen molar-refractivity contribution in [3.8, 4) is 0 Å². The van der Waals surface area contributed by atoms with Crippen molar-refractivity contribution in [2.75, 3.05) is 10.6 Å². The number of hydrogen-bond donors (Lipinski definition) is 3. The van der Waals surface area contributed by atoms with Gasteiger partial charge in [-0.2, -0.15) is 10.1 Å². The van der Waals surface area contributed by atoms with E-state index in [1.807, 2.05) is 54.6 Å². The number of nitrogens with one attached hydrogen (secondary N) is 3. The summed E-state index contributed by atoms with van der Waals surface area (Å²) in [5.74, 6) is 0.405. The first-order chi connectivity index (χ1) is 10.3. The molecule has 0 unspecified atom stereocenters. The van der Waals surface area contributed by atoms with Crippen molar-refractivity contribution >= 4 is 22.9 Å². The van der Waals surface area contributed by atoms with Gasteiger partial charge in [0, 0.05) is 17.1 Å². The van der Waals surface area contributed by atoms with Crippen LogP contribution in [0.4, 0.5) is 22.9 Å². The maximum Gasteiger partial charge on any atom is 0.363 e. The Morgan fingerprint density at radius 3 is 2.10 bits per heavy atom. The highest BCUT2D eigenvalue weighted by Gasteiger charge is 1.98. The normalized spacial score (nSPS) is 10.1. The molecule has 0 aliphatic carbocycles. The van der Waals surface area contributed by atoms with Crippen LogP contribution in [0.5, 0.6) is 0 Å². The van der Waals surface area contributed by atoms with Crippen LogP contribution < -0.4 is 16.3 Å². The summed E-state index contributed by atoms with van der Waals surface area (Å²) in [6, 6.07) is 17.6. The summed E-state index contributed by atoms with van der Waals surface area (Å²) in [7, 11) is 0. The van der Waals surface area contributed by atoms with E-state index >= 15 is 0 Å². The minimum absolute atomic E-state index is 0.405. The third kappa shape index (κ3) is 3.44. The van der Waals surface area contributed by atoms with E-state index in [1.54, 1.807) is 0 Å². The molecule has 1 aromatic heterocycles. The van der Waals surface area contributed by atoms with Gasteiger partial charge in [-0.1, -0.05) is 18.2 Å². The van der Waals surface area contributed by atoms with Gasteiger partial charge in [0.2, 0.25) is 0 Å². The van der Waals surface area contributed by atoms with Crippen molar-refractivity contribution in [2.45, 2.75) is 0 Å². The minimum Gasteiger partial charge on any atom is -0.356 e. The van der Waals surface area contributed by atoms with E-state index in [0.29, 0.717) is 5.82 Å². The lowest BCUT2D eigenvalue weighted by atomic mass is 10.2. The fraction of sp³-hybridized carbons (Fsp3) is 0. The topological polar surface area (TPSA) is 82.7 Å². The Kier molecular flexibility index (Phi) is 3.60. The van der Waals surface area contributed by atoms with Gasteiger partial charge in [0.15, 0.2) is 5.82 Å². The van der Waals surface area contributed by atoms with Crippen molar-refractivity contribution in [1.82, 2.24) is 15.2 Å². The van der Waals surface area contributed by atoms with E-state index in [-0.39, 0.29) is 0 Å². The molecule has 6 heteroatoms. The molecule has 0 spiro atoms. The van der Waals surface area contributed by atoms with Gasteiger partial charge >= 0.3 is 5.69 Å². The molecule has 0 bridgehead atoms. The summed E-state index contributed by atoms with van der Waals surface area (Å²) >= 11 is 0. The van der Waals surface area contributed by atoms with Gasteiger partial charge in [0.25, 0.3) is 0 Å². The Hall–Kier alpha value is -3.15. The van der Waals surface area contributed by atoms with Crippen molar-refractivity contribution < 1.29 is 0 Å². The highest BCUT2D eigenvalue weighted by molar-refractivity contribution is 5.64. The zero-order chi connectivity index (χ0) is 14.5. The van der Waals surface area contributed by atoms with Crippen LogP contribution in [0.3, 0.4) is 0 Å². The summed E-state index contributed by atoms with van der Waals surface area (Å²) in [6.45, 7) is 0. The van der Waals surface area contributed by atoms with E-state index in [9.17, 15) is 4.79 Å². The average molecular weight is 279 g/mol. The lowest BCUT2D eigenvalue weighted by Gasteiger charge is -2.08. The third-order valence-corrected chi connectivity index (χ3v) is 2.79. The van der Waals surface area contributed by atoms with Gasteiger partial charge < -0.3 is 10.6 Å². The van der Waals surface area contributed by atoms with Crippen LogP contribution in [0.2, 0.25) is 0 Å². The number of benzene rings is 2. The number of rotatable bonds is 4. The molecule has 3 aromatic rings. The summed E-state index contributed by atoms with van der Waals surface area (Å²) < 4.78 is 0. The molecule has 0 aliphatic heterocycles. The molecule has 0 saturated carbocycles. The number of aromatic amines is 1. The van der Waals surface area contributed by atoms with Gasteiger partial charge in [0.05, 0.1) is 6.20 Å². The van der Waals surface area contributed by atoms with Crippen LogP contribution in [0, 0.1) is 0 Å². The third-order valence-electron chi connectivity index (χ3n) is 2.79. The monoisotopic (exact) mass is 279 g/mol. The van der Waals surface area contributed by atoms with E-state index < -0.39 is 5.69 Å². The van der Waals surface area contributed by atoms with Gasteiger partial charge in [0.1, 0.15) is 0 Å². The summed E-state index contributed by atoms with van der Waals surface area (Å²) in [5.41, 5.74) is 2.35. The number of hydrogen-bond acceptors (Lipinski definition) is 5. The van der Waals surface area contributed by atoms with Crippen molar-refractivity contribution in [3.05, 3.63) is 71.3 Å². The molecule has 104 valence electrons. The smallest absolute Gasteiger partial charge is 0.356 e. The molecule has 0 saturated heterocycles. The van der Waals surface area contributed by atoms with E-state index in [1.165, 1.54) is 6.20 Å². The standard InChI is InChI=1S/C15H13N5O/c21-15-19-14(10-16-20-15)18-13-8-6-12(7-9-13)17-11-4-2-1-3-5-11/h1-10,17H,(H2,18,19,20,21). The Bertz CT molecular complexity index is 768. The number of para-hydroxylation sites is 1. The summed E-state index contributed by atoms with van der Waals surface area (Å²) in [4.78, 5) is 14.8. The van der Waals surface area contributed by atoms with Crippen LogP contribution in [0.25, 0.3) is 0 Å². The van der Waals surface area contributed by atoms with Gasteiger partial charge in [-0.3, -0.25) is 0 Å². The molecule has 0 radical (unpaired) electrons. The molecule has 0 amide bonds. The predicted octanol–water partition coefficient (Wildman–Crippen LogP) is 2.65. The zero-order valence-corrected chi connectivity index (χ0v) is 11.1. The lowest BCUT2D eigenvalue weighted by Crippen LogP contribution is -2.13. The first-order valence-electron chi connectivity index (χ1n) is 6.40. The van der Waals surface area contributed by atoms with E-state index in [2.05, 4.69) is 25.8 Å². The van der Waals surface area contributed by atoms with Crippen molar-refractivity contribution in [2.24, 2.45) is 0 Å². The Balaban J connectivity index is 1.71. The first-order valence-corrected chi connectivity index (χ1v) is 6.40. The van der Waals surface area contributed by atoms with Crippen LogP contribution in [-0.2, 0) is 0 Å². The second-order valence-corrected chi connectivity index (χ2v) is 4.37. The highest BCUT2D eigenvalue weighted by Crippen LogP contribution is 2.19. The number of anilines is 4. The molecule has 1 heterocycles. The first kappa shape index (κ1) is 12.9. The lowest BCUT2D eigenvalue weighted by molar-refractivity contribution is 0.919. The highest BCUT2D eigenvalue weighted by atomic mass is 16.1. The van der Waals surface area contributed by atoms with E-state index in [4.69, 9.17) is 0 Å². The van der Waals surface area contributed by atoms with Crippen LogP contribution >= 0.6 is 0 Å². The zero-order valence-electron chi connectivity index (χ0n) is 11.1. The number of aromatic nitrogens is 3. The Morgan fingerprint density at radius 1 is 0.810 bits per heavy atom. The SMILES string of the molecule is O=c1nc(Nc2ccc(Nc3ccccc3)cc2)cn[nH]1. The molecular formula is C15H13N5O. The fourth-order valence-electron chi connectivity index (χ4n) is 1.85. The van der Waals surface area contributed by atoms with Crippen LogP contribution in [-0.4, -0.2) is 15.2 Å². The van der Waals surface area contributed by atoms with Gasteiger partial charge in [-0.05, 0) is 36.4 Å². The van der Waals surface area contributed by atoms with Gasteiger partial charge in [-0.25, -0.2) is 9.89 Å². The maximum absolute atomic E-state index is 11.1. The van der Waals surface area contributed by atoms with Crippen LogP contribution in [0.15, 0.2) is 65.6 Å². The average Bonchev–Trinajstić information content (AvgIpc) is 2.50. The number of nitrogens with zero attached hydrogens (tertiary/aromatic N) is 2. The molecule has 0 aliphatic rings. The van der Waals surface area contributed by atoms with Crippen molar-refractivity contribution in [1.29, 1.82) is 0 Å². The molecule has 6 nitrogen and oxygen atoms in total. The van der Waals surface area contributed by atoms with Crippen LogP contribution in [0.1, 0.15) is 0 Å². The van der Waals surface area contributed by atoms with Crippen molar-refractivity contribution in [3.63, 3.8) is 0 Å². The molecule has 0 fully saturated rings. The molecule has 21 heavy (non-hydrogen) atoms. The van der Waals surface area contributed by atoms with E-state index in [0.717, 1.165) is 17.1 Å². The molecule has 2 aromatic carbocycles. The summed E-state index contributed by atoms with van der Waals surface area (Å²) in [6.07, 6.45) is 1.46. The number of H-pyrrole nitrogens is 1. The molecule has 0 atom stereocenters. The minimum atomic E-state index is -0.484. The molecule has 3 rings (SSSR count). The Morgan fingerprint density at radius 2 is 1.43 bits per heavy atom. The Labute approximate surface area is 120 Å². The summed E-state index contributed by atoms with van der Waals surface area (Å²) in [5, 5.41) is 12.2. The second kappa shape index (κ2) is 5.87. The fourth-order valence-corrected chi connectivity index (χ4v) is 1.85. The second-order valence-electron chi connectivity index (χ2n) is 4.37. The predicted molar refractivity (Wildman–Crippen MR) is 82.1 cm³/mol. The maximum atomic E-state index is 11.1. The quantitative estimate of drug-likeness (QED) is 0.684. The molecular weight excluding hydrogens is 266 g/mol. The van der Waals surface area contributed by atoms with Gasteiger partial charge in [-0.15, -0.1) is 0 Å². The largest absolute Gasteiger partial charge is 0.363 e.